The molecule has 0 spiro atoms. The molecule has 0 amide bonds. The molecular formula is C29H33FINO. The topological polar surface area (TPSA) is 21.6 Å². The third-order valence-electron chi connectivity index (χ3n) is 7.58. The Morgan fingerprint density at radius 1 is 1.00 bits per heavy atom. The van der Waals surface area contributed by atoms with Crippen LogP contribution in [0.5, 0.6) is 5.75 Å². The first-order chi connectivity index (χ1) is 16.2. The Balaban J connectivity index is 1.51. The lowest BCUT2D eigenvalue weighted by atomic mass is 9.71. The highest BCUT2D eigenvalue weighted by atomic mass is 127. The maximum absolute atomic E-state index is 14.3. The van der Waals surface area contributed by atoms with E-state index in [1.165, 1.54) is 55.7 Å². The summed E-state index contributed by atoms with van der Waals surface area (Å²) in [6.45, 7) is 0.746. The van der Waals surface area contributed by atoms with Crippen LogP contribution in [0, 0.1) is 17.7 Å². The second-order valence-electron chi connectivity index (χ2n) is 9.77. The van der Waals surface area contributed by atoms with E-state index >= 15 is 0 Å². The fraction of sp³-hybridized carbons (Fsp3) is 0.483. The van der Waals surface area contributed by atoms with Gasteiger partial charge in [0.05, 0.1) is 5.71 Å². The van der Waals surface area contributed by atoms with E-state index in [9.17, 15) is 4.39 Å². The van der Waals surface area contributed by atoms with Crippen LogP contribution in [0.1, 0.15) is 74.2 Å². The highest BCUT2D eigenvalue weighted by Crippen LogP contribution is 2.46. The van der Waals surface area contributed by atoms with E-state index in [0.29, 0.717) is 11.8 Å². The van der Waals surface area contributed by atoms with Crippen LogP contribution < -0.4 is 4.74 Å². The number of fused-ring (bicyclic) bond motifs is 1. The summed E-state index contributed by atoms with van der Waals surface area (Å²) in [5.41, 5.74) is 4.32. The monoisotopic (exact) mass is 557 g/mol. The number of ether oxygens (including phenoxy) is 1. The molecule has 2 aromatic carbocycles. The van der Waals surface area contributed by atoms with Crippen molar-refractivity contribution < 1.29 is 9.13 Å². The highest BCUT2D eigenvalue weighted by Gasteiger charge is 2.37. The number of aryl methyl sites for hydroxylation is 1. The molecule has 1 unspecified atom stereocenters. The zero-order chi connectivity index (χ0) is 22.6. The normalized spacial score (nSPS) is 27.8. The Morgan fingerprint density at radius 2 is 1.88 bits per heavy atom. The highest BCUT2D eigenvalue weighted by molar-refractivity contribution is 14.1. The molecule has 1 aliphatic heterocycles. The first-order valence-electron chi connectivity index (χ1n) is 12.6. The van der Waals surface area contributed by atoms with Crippen LogP contribution in [0.15, 0.2) is 59.6 Å². The van der Waals surface area contributed by atoms with E-state index < -0.39 is 0 Å². The molecule has 2 nitrogen and oxygen atoms in total. The zero-order valence-electron chi connectivity index (χ0n) is 19.2. The predicted molar refractivity (Wildman–Crippen MR) is 142 cm³/mol. The number of nitrogens with zero attached hydrogens (tertiary/aromatic N) is 1. The van der Waals surface area contributed by atoms with Crippen LogP contribution >= 0.6 is 22.6 Å². The standard InChI is InChI=1S/C29H33FINO/c30-22-14-16-28(26(19-22)27-12-6-7-17-32-27)33-29-24-11-5-4-8-20(24)13-15-25(29)21-9-2-1-3-10-23(31)18-21/h4-6,8,11-12,14,16,19,21,23,25,29H,1-3,7,9-10,13,15,17-18H2/t21?,23-,25+,29-/m0/s1. The van der Waals surface area contributed by atoms with Gasteiger partial charge in [-0.1, -0.05) is 72.2 Å². The van der Waals surface area contributed by atoms with E-state index in [-0.39, 0.29) is 11.9 Å². The molecule has 3 aliphatic rings. The van der Waals surface area contributed by atoms with Gasteiger partial charge in [-0.2, -0.15) is 0 Å². The van der Waals surface area contributed by atoms with Gasteiger partial charge in [0.2, 0.25) is 0 Å². The number of halogens is 2. The van der Waals surface area contributed by atoms with Gasteiger partial charge in [-0.25, -0.2) is 4.39 Å². The molecule has 1 fully saturated rings. The van der Waals surface area contributed by atoms with Gasteiger partial charge in [0.15, 0.2) is 0 Å². The molecule has 4 atom stereocenters. The fourth-order valence-corrected chi connectivity index (χ4v) is 7.00. The molecule has 1 saturated carbocycles. The van der Waals surface area contributed by atoms with Crippen molar-refractivity contribution >= 4 is 28.3 Å². The Morgan fingerprint density at radius 3 is 2.76 bits per heavy atom. The smallest absolute Gasteiger partial charge is 0.129 e. The number of allylic oxidation sites excluding steroid dienone is 1. The number of hydrogen-bond acceptors (Lipinski definition) is 2. The van der Waals surface area contributed by atoms with Gasteiger partial charge in [0.25, 0.3) is 0 Å². The molecule has 1 heterocycles. The Kier molecular flexibility index (Phi) is 7.49. The molecule has 0 radical (unpaired) electrons. The maximum atomic E-state index is 14.3. The summed E-state index contributed by atoms with van der Waals surface area (Å²) in [4.78, 5) is 4.66. The summed E-state index contributed by atoms with van der Waals surface area (Å²) in [5, 5.41) is 0. The van der Waals surface area contributed by atoms with Gasteiger partial charge in [-0.05, 0) is 79.8 Å². The molecule has 5 rings (SSSR count). The van der Waals surface area contributed by atoms with Crippen LogP contribution in [0.2, 0.25) is 0 Å². The van der Waals surface area contributed by atoms with Crippen molar-refractivity contribution in [3.63, 3.8) is 0 Å². The molecule has 0 N–H and O–H groups in total. The lowest BCUT2D eigenvalue weighted by molar-refractivity contribution is 0.0688. The summed E-state index contributed by atoms with van der Waals surface area (Å²) < 4.78 is 21.9. The number of dihydropyridines is 1. The zero-order valence-corrected chi connectivity index (χ0v) is 21.3. The van der Waals surface area contributed by atoms with E-state index in [4.69, 9.17) is 4.74 Å². The summed E-state index contributed by atoms with van der Waals surface area (Å²) in [7, 11) is 0. The van der Waals surface area contributed by atoms with Crippen molar-refractivity contribution in [3.05, 3.63) is 77.1 Å². The minimum Gasteiger partial charge on any atom is -0.485 e. The first kappa shape index (κ1) is 23.1. The molecule has 4 heteroatoms. The van der Waals surface area contributed by atoms with Gasteiger partial charge in [-0.3, -0.25) is 4.99 Å². The molecule has 0 bridgehead atoms. The molecule has 0 saturated heterocycles. The van der Waals surface area contributed by atoms with Crippen molar-refractivity contribution in [1.82, 2.24) is 0 Å². The van der Waals surface area contributed by atoms with Crippen molar-refractivity contribution in [1.29, 1.82) is 0 Å². The fourth-order valence-electron chi connectivity index (χ4n) is 5.90. The molecular weight excluding hydrogens is 524 g/mol. The number of benzene rings is 2. The summed E-state index contributed by atoms with van der Waals surface area (Å²) in [6.07, 6.45) is 15.3. The molecule has 33 heavy (non-hydrogen) atoms. The third kappa shape index (κ3) is 5.36. The molecule has 2 aliphatic carbocycles. The van der Waals surface area contributed by atoms with E-state index in [1.807, 2.05) is 12.1 Å². The first-order valence-corrected chi connectivity index (χ1v) is 13.8. The average molecular weight is 557 g/mol. The summed E-state index contributed by atoms with van der Waals surface area (Å²) >= 11 is 2.67. The lowest BCUT2D eigenvalue weighted by Gasteiger charge is -2.40. The van der Waals surface area contributed by atoms with Gasteiger partial charge in [-0.15, -0.1) is 0 Å². The number of hydrogen-bond donors (Lipinski definition) is 0. The van der Waals surface area contributed by atoms with Gasteiger partial charge in [0, 0.05) is 22.0 Å². The second kappa shape index (κ2) is 10.7. The van der Waals surface area contributed by atoms with E-state index in [1.54, 1.807) is 6.07 Å². The van der Waals surface area contributed by atoms with Crippen LogP contribution in [0.4, 0.5) is 4.39 Å². The lowest BCUT2D eigenvalue weighted by Crippen LogP contribution is -2.33. The van der Waals surface area contributed by atoms with Crippen LogP contribution in [-0.4, -0.2) is 16.2 Å². The quantitative estimate of drug-likeness (QED) is 0.276. The largest absolute Gasteiger partial charge is 0.485 e. The third-order valence-corrected chi connectivity index (χ3v) is 8.71. The van der Waals surface area contributed by atoms with E-state index in [0.717, 1.165) is 46.8 Å². The number of aliphatic imine (C=N–C) groups is 1. The van der Waals surface area contributed by atoms with Gasteiger partial charge < -0.3 is 4.74 Å². The summed E-state index contributed by atoms with van der Waals surface area (Å²) in [6, 6.07) is 13.7. The number of alkyl halides is 1. The van der Waals surface area contributed by atoms with Crippen molar-refractivity contribution in [2.45, 2.75) is 67.8 Å². The van der Waals surface area contributed by atoms with Crippen LogP contribution in [0.25, 0.3) is 0 Å². The van der Waals surface area contributed by atoms with Gasteiger partial charge >= 0.3 is 0 Å². The maximum Gasteiger partial charge on any atom is 0.129 e. The minimum absolute atomic E-state index is 0.000331. The summed E-state index contributed by atoms with van der Waals surface area (Å²) in [5.74, 6) is 1.66. The Hall–Kier alpha value is -1.69. The Labute approximate surface area is 210 Å². The van der Waals surface area contributed by atoms with Crippen LogP contribution in [0.3, 0.4) is 0 Å². The average Bonchev–Trinajstić information content (AvgIpc) is 2.83. The molecule has 174 valence electrons. The van der Waals surface area contributed by atoms with Gasteiger partial charge in [0.1, 0.15) is 17.7 Å². The van der Waals surface area contributed by atoms with Crippen molar-refractivity contribution in [3.8, 4) is 5.75 Å². The van der Waals surface area contributed by atoms with E-state index in [2.05, 4.69) is 57.9 Å². The predicted octanol–water partition coefficient (Wildman–Crippen LogP) is 8.03. The van der Waals surface area contributed by atoms with Crippen molar-refractivity contribution in [2.24, 2.45) is 16.8 Å². The molecule has 2 aromatic rings. The second-order valence-corrected chi connectivity index (χ2v) is 11.5. The Bertz CT molecular complexity index is 1030. The molecule has 0 aromatic heterocycles. The number of rotatable bonds is 4. The van der Waals surface area contributed by atoms with Crippen LogP contribution in [-0.2, 0) is 6.42 Å². The van der Waals surface area contributed by atoms with Crippen molar-refractivity contribution in [2.75, 3.05) is 6.54 Å². The SMILES string of the molecule is Fc1ccc(O[C@H]2c3ccccc3CC[C@@H]2C2CCCCC[C@H](I)C2)c(C2=NCCC=C2)c1. The minimum atomic E-state index is -0.243.